The van der Waals surface area contributed by atoms with E-state index in [0.717, 1.165) is 6.54 Å². The maximum Gasteiger partial charge on any atom is 0.0966 e. The molecule has 0 unspecified atom stereocenters. The standard InChI is InChI=1S/C11H15NO/c1-11(2)10-6-4-3-5-9(10)7-12(11)8-13/h3-6,13H,7-8H2,1-2H3. The van der Waals surface area contributed by atoms with Gasteiger partial charge in [-0.2, -0.15) is 0 Å². The lowest BCUT2D eigenvalue weighted by Crippen LogP contribution is -2.35. The Morgan fingerprint density at radius 3 is 2.69 bits per heavy atom. The van der Waals surface area contributed by atoms with Crippen LogP contribution in [-0.2, 0) is 12.1 Å². The number of nitrogens with zero attached hydrogens (tertiary/aromatic N) is 1. The van der Waals surface area contributed by atoms with Crippen molar-refractivity contribution < 1.29 is 5.11 Å². The number of hydrogen-bond donors (Lipinski definition) is 1. The summed E-state index contributed by atoms with van der Waals surface area (Å²) in [6.45, 7) is 5.28. The summed E-state index contributed by atoms with van der Waals surface area (Å²) in [6, 6.07) is 8.38. The molecule has 0 fully saturated rings. The number of aliphatic hydroxyl groups is 1. The van der Waals surface area contributed by atoms with Crippen molar-refractivity contribution in [2.75, 3.05) is 6.73 Å². The fraction of sp³-hybridized carbons (Fsp3) is 0.455. The third-order valence-corrected chi connectivity index (χ3v) is 3.00. The highest BCUT2D eigenvalue weighted by Crippen LogP contribution is 2.37. The minimum absolute atomic E-state index is 0.0225. The van der Waals surface area contributed by atoms with Crippen molar-refractivity contribution in [2.24, 2.45) is 0 Å². The van der Waals surface area contributed by atoms with E-state index >= 15 is 0 Å². The summed E-state index contributed by atoms with van der Waals surface area (Å²) < 4.78 is 0. The molecule has 1 aromatic rings. The second-order valence-electron chi connectivity index (χ2n) is 4.06. The minimum Gasteiger partial charge on any atom is -0.381 e. The highest BCUT2D eigenvalue weighted by atomic mass is 16.3. The van der Waals surface area contributed by atoms with Crippen LogP contribution >= 0.6 is 0 Å². The van der Waals surface area contributed by atoms with Crippen LogP contribution in [0.3, 0.4) is 0 Å². The molecule has 1 aromatic carbocycles. The zero-order valence-electron chi connectivity index (χ0n) is 8.12. The number of fused-ring (bicyclic) bond motifs is 1. The first kappa shape index (κ1) is 8.73. The van der Waals surface area contributed by atoms with Crippen molar-refractivity contribution in [1.29, 1.82) is 0 Å². The Balaban J connectivity index is 2.47. The molecule has 0 spiro atoms. The molecule has 1 N–H and O–H groups in total. The first-order chi connectivity index (χ1) is 6.16. The van der Waals surface area contributed by atoms with E-state index in [2.05, 4.69) is 43.0 Å². The van der Waals surface area contributed by atoms with E-state index < -0.39 is 0 Å². The highest BCUT2D eigenvalue weighted by molar-refractivity contribution is 5.36. The molecule has 0 amide bonds. The summed E-state index contributed by atoms with van der Waals surface area (Å²) in [5, 5.41) is 9.20. The van der Waals surface area contributed by atoms with E-state index in [4.69, 9.17) is 0 Å². The molecule has 1 aliphatic heterocycles. The lowest BCUT2D eigenvalue weighted by Gasteiger charge is -2.30. The molecule has 0 aromatic heterocycles. The van der Waals surface area contributed by atoms with Crippen LogP contribution in [0, 0.1) is 0 Å². The smallest absolute Gasteiger partial charge is 0.0966 e. The van der Waals surface area contributed by atoms with Crippen molar-refractivity contribution in [2.45, 2.75) is 25.9 Å². The van der Waals surface area contributed by atoms with E-state index in [1.54, 1.807) is 0 Å². The Labute approximate surface area is 78.8 Å². The van der Waals surface area contributed by atoms with Crippen LogP contribution in [0.4, 0.5) is 0 Å². The van der Waals surface area contributed by atoms with Crippen LogP contribution < -0.4 is 0 Å². The van der Waals surface area contributed by atoms with E-state index in [0.29, 0.717) is 0 Å². The molecule has 0 bridgehead atoms. The van der Waals surface area contributed by atoms with Crippen LogP contribution in [0.15, 0.2) is 24.3 Å². The van der Waals surface area contributed by atoms with E-state index in [9.17, 15) is 5.11 Å². The molecule has 0 saturated heterocycles. The monoisotopic (exact) mass is 177 g/mol. The molecular weight excluding hydrogens is 162 g/mol. The SMILES string of the molecule is CC1(C)c2ccccc2CN1CO. The van der Waals surface area contributed by atoms with Crippen LogP contribution in [0.2, 0.25) is 0 Å². The Bertz CT molecular complexity index is 320. The summed E-state index contributed by atoms with van der Waals surface area (Å²) in [5.41, 5.74) is 2.65. The molecule has 0 aliphatic carbocycles. The average molecular weight is 177 g/mol. The molecule has 0 saturated carbocycles. The maximum absolute atomic E-state index is 9.20. The predicted molar refractivity (Wildman–Crippen MR) is 52.1 cm³/mol. The molecule has 0 atom stereocenters. The largest absolute Gasteiger partial charge is 0.381 e. The van der Waals surface area contributed by atoms with Gasteiger partial charge in [0.05, 0.1) is 6.73 Å². The van der Waals surface area contributed by atoms with Crippen molar-refractivity contribution in [3.05, 3.63) is 35.4 Å². The third-order valence-electron chi connectivity index (χ3n) is 3.00. The molecule has 13 heavy (non-hydrogen) atoms. The summed E-state index contributed by atoms with van der Waals surface area (Å²) in [7, 11) is 0. The van der Waals surface area contributed by atoms with Crippen LogP contribution in [-0.4, -0.2) is 16.7 Å². The number of benzene rings is 1. The lowest BCUT2D eigenvalue weighted by molar-refractivity contribution is 0.0309. The lowest BCUT2D eigenvalue weighted by atomic mass is 9.94. The number of aliphatic hydroxyl groups excluding tert-OH is 1. The second-order valence-corrected chi connectivity index (χ2v) is 4.06. The van der Waals surface area contributed by atoms with Gasteiger partial charge in [-0.15, -0.1) is 0 Å². The van der Waals surface area contributed by atoms with E-state index in [1.807, 2.05) is 0 Å². The number of hydrogen-bond acceptors (Lipinski definition) is 2. The van der Waals surface area contributed by atoms with Crippen LogP contribution in [0.25, 0.3) is 0 Å². The van der Waals surface area contributed by atoms with Crippen LogP contribution in [0.5, 0.6) is 0 Å². The van der Waals surface area contributed by atoms with Gasteiger partial charge < -0.3 is 5.11 Å². The minimum atomic E-state index is -0.0225. The maximum atomic E-state index is 9.20. The van der Waals surface area contributed by atoms with Gasteiger partial charge in [0.1, 0.15) is 0 Å². The van der Waals surface area contributed by atoms with Gasteiger partial charge in [0, 0.05) is 12.1 Å². The third kappa shape index (κ3) is 1.18. The van der Waals surface area contributed by atoms with Gasteiger partial charge in [0.2, 0.25) is 0 Å². The van der Waals surface area contributed by atoms with Gasteiger partial charge in [0.15, 0.2) is 0 Å². The molecule has 1 aliphatic rings. The Hall–Kier alpha value is -0.860. The van der Waals surface area contributed by atoms with E-state index in [-0.39, 0.29) is 12.3 Å². The molecule has 0 radical (unpaired) electrons. The zero-order chi connectivity index (χ0) is 9.47. The highest BCUT2D eigenvalue weighted by Gasteiger charge is 2.35. The van der Waals surface area contributed by atoms with Crippen LogP contribution in [0.1, 0.15) is 25.0 Å². The Kier molecular flexibility index (Phi) is 1.90. The Morgan fingerprint density at radius 2 is 2.08 bits per heavy atom. The van der Waals surface area contributed by atoms with Gasteiger partial charge in [-0.3, -0.25) is 4.90 Å². The summed E-state index contributed by atoms with van der Waals surface area (Å²) in [5.74, 6) is 0. The summed E-state index contributed by atoms with van der Waals surface area (Å²) in [4.78, 5) is 2.07. The predicted octanol–water partition coefficient (Wildman–Crippen LogP) is 1.69. The molecule has 70 valence electrons. The number of rotatable bonds is 1. The molecule has 2 nitrogen and oxygen atoms in total. The Morgan fingerprint density at radius 1 is 1.38 bits per heavy atom. The second kappa shape index (κ2) is 2.82. The first-order valence-electron chi connectivity index (χ1n) is 4.60. The fourth-order valence-corrected chi connectivity index (χ4v) is 2.06. The van der Waals surface area contributed by atoms with Gasteiger partial charge in [-0.1, -0.05) is 24.3 Å². The van der Waals surface area contributed by atoms with Crippen molar-refractivity contribution in [3.63, 3.8) is 0 Å². The quantitative estimate of drug-likeness (QED) is 0.705. The van der Waals surface area contributed by atoms with Gasteiger partial charge in [0.25, 0.3) is 0 Å². The molecule has 2 rings (SSSR count). The van der Waals surface area contributed by atoms with Crippen molar-refractivity contribution in [3.8, 4) is 0 Å². The topological polar surface area (TPSA) is 23.5 Å². The molecular formula is C11H15NO. The average Bonchev–Trinajstić information content (AvgIpc) is 2.39. The summed E-state index contributed by atoms with van der Waals surface area (Å²) in [6.07, 6.45) is 0. The summed E-state index contributed by atoms with van der Waals surface area (Å²) >= 11 is 0. The zero-order valence-corrected chi connectivity index (χ0v) is 8.12. The van der Waals surface area contributed by atoms with Crippen molar-refractivity contribution >= 4 is 0 Å². The van der Waals surface area contributed by atoms with Gasteiger partial charge >= 0.3 is 0 Å². The van der Waals surface area contributed by atoms with E-state index in [1.165, 1.54) is 11.1 Å². The molecule has 2 heteroatoms. The van der Waals surface area contributed by atoms with Gasteiger partial charge in [-0.25, -0.2) is 0 Å². The first-order valence-corrected chi connectivity index (χ1v) is 4.60. The molecule has 1 heterocycles. The fourth-order valence-electron chi connectivity index (χ4n) is 2.06. The van der Waals surface area contributed by atoms with Crippen molar-refractivity contribution in [1.82, 2.24) is 4.90 Å². The van der Waals surface area contributed by atoms with Gasteiger partial charge in [-0.05, 0) is 25.0 Å². The normalized spacial score (nSPS) is 20.2.